The highest BCUT2D eigenvalue weighted by molar-refractivity contribution is 5.73. The van der Waals surface area contributed by atoms with Crippen LogP contribution < -0.4 is 11.1 Å². The van der Waals surface area contributed by atoms with Crippen molar-refractivity contribution in [3.63, 3.8) is 0 Å². The van der Waals surface area contributed by atoms with Gasteiger partial charge in [0.2, 0.25) is 5.95 Å². The van der Waals surface area contributed by atoms with Crippen molar-refractivity contribution >= 4 is 12.0 Å². The van der Waals surface area contributed by atoms with Crippen LogP contribution in [0.4, 0.5) is 32.3 Å². The summed E-state index contributed by atoms with van der Waals surface area (Å²) in [5.41, 5.74) is 1.91. The summed E-state index contributed by atoms with van der Waals surface area (Å²) in [5, 5.41) is 20.1. The summed E-state index contributed by atoms with van der Waals surface area (Å²) in [6.07, 6.45) is -7.89. The molecule has 0 radical (unpaired) electrons. The number of rotatable bonds is 5. The molecule has 0 aliphatic heterocycles. The third-order valence-corrected chi connectivity index (χ3v) is 4.59. The van der Waals surface area contributed by atoms with Crippen LogP contribution >= 0.6 is 0 Å². The monoisotopic (exact) mass is 469 g/mol. The quantitative estimate of drug-likeness (QED) is 0.434. The van der Waals surface area contributed by atoms with Gasteiger partial charge in [-0.1, -0.05) is 18.2 Å². The van der Waals surface area contributed by atoms with E-state index in [1.165, 1.54) is 12.1 Å². The molecule has 1 unspecified atom stereocenters. The molecule has 1 heterocycles. The molecule has 0 aliphatic rings. The number of benzene rings is 2. The lowest BCUT2D eigenvalue weighted by atomic mass is 9.99. The predicted octanol–water partition coefficient (Wildman–Crippen LogP) is 5.38. The van der Waals surface area contributed by atoms with Gasteiger partial charge in [-0.2, -0.15) is 26.3 Å². The molecule has 174 valence electrons. The molecule has 0 saturated carbocycles. The highest BCUT2D eigenvalue weighted by atomic mass is 19.4. The molecule has 1 atom stereocenters. The minimum atomic E-state index is -5.09. The molecule has 4 N–H and O–H groups in total. The van der Waals surface area contributed by atoms with Crippen LogP contribution in [0.25, 0.3) is 17.3 Å². The molecule has 3 rings (SSSR count). The Morgan fingerprint density at radius 2 is 1.73 bits per heavy atom. The lowest BCUT2D eigenvalue weighted by Crippen LogP contribution is -2.14. The lowest BCUT2D eigenvalue weighted by molar-refractivity contribution is -0.142. The largest absolute Gasteiger partial charge is 0.508 e. The van der Waals surface area contributed by atoms with E-state index in [4.69, 9.17) is 5.73 Å². The first-order valence-corrected chi connectivity index (χ1v) is 9.37. The zero-order valence-electron chi connectivity index (χ0n) is 16.9. The average molecular weight is 469 g/mol. The molecule has 33 heavy (non-hydrogen) atoms. The first-order chi connectivity index (χ1) is 15.4. The first kappa shape index (κ1) is 23.8. The Labute approximate surface area is 183 Å². The number of halogens is 6. The van der Waals surface area contributed by atoms with Gasteiger partial charge in [-0.15, -0.1) is 10.2 Å². The van der Waals surface area contributed by atoms with Gasteiger partial charge in [0.1, 0.15) is 11.4 Å². The number of aromatic hydroxyl groups is 1. The van der Waals surface area contributed by atoms with Crippen LogP contribution in [0.2, 0.25) is 0 Å². The third-order valence-electron chi connectivity index (χ3n) is 4.59. The second kappa shape index (κ2) is 8.96. The van der Waals surface area contributed by atoms with Crippen LogP contribution in [0.1, 0.15) is 35.3 Å². The first-order valence-electron chi connectivity index (χ1n) is 9.37. The summed E-state index contributed by atoms with van der Waals surface area (Å²) in [5.74, 6) is -0.0348. The Morgan fingerprint density at radius 1 is 1.00 bits per heavy atom. The predicted molar refractivity (Wildman–Crippen MR) is 109 cm³/mol. The minimum absolute atomic E-state index is 0.0169. The normalized spacial score (nSPS) is 13.3. The van der Waals surface area contributed by atoms with Gasteiger partial charge in [0.05, 0.1) is 22.9 Å². The van der Waals surface area contributed by atoms with E-state index < -0.39 is 40.8 Å². The van der Waals surface area contributed by atoms with E-state index in [0.29, 0.717) is 17.7 Å². The van der Waals surface area contributed by atoms with E-state index in [9.17, 15) is 31.4 Å². The molecule has 0 aliphatic carbocycles. The fourth-order valence-electron chi connectivity index (χ4n) is 3.03. The summed E-state index contributed by atoms with van der Waals surface area (Å²) in [4.78, 5) is 4.12. The number of nitrogens with one attached hydrogen (secondary N) is 1. The number of hydrogen-bond donors (Lipinski definition) is 3. The molecule has 1 aromatic heterocycles. The van der Waals surface area contributed by atoms with Crippen molar-refractivity contribution in [3.8, 4) is 17.0 Å². The molecule has 2 aromatic carbocycles. The molecule has 6 nitrogen and oxygen atoms in total. The van der Waals surface area contributed by atoms with E-state index in [1.54, 1.807) is 19.1 Å². The molecular weight excluding hydrogens is 452 g/mol. The highest BCUT2D eigenvalue weighted by Gasteiger charge is 2.39. The van der Waals surface area contributed by atoms with Crippen LogP contribution in [0.5, 0.6) is 5.75 Å². The number of alkyl halides is 6. The SMILES string of the molecule is CC(Nc1nnc(-c2ccc(C(F)(F)F)cc2C(F)(F)F)c(C=CN)n1)c1cccc(O)c1. The minimum Gasteiger partial charge on any atom is -0.508 e. The van der Waals surface area contributed by atoms with Gasteiger partial charge in [-0.3, -0.25) is 0 Å². The van der Waals surface area contributed by atoms with Crippen molar-refractivity contribution in [3.05, 3.63) is 71.0 Å². The van der Waals surface area contributed by atoms with Gasteiger partial charge < -0.3 is 16.2 Å². The van der Waals surface area contributed by atoms with E-state index >= 15 is 0 Å². The molecule has 0 bridgehead atoms. The molecular formula is C21H17F6N5O. The average Bonchev–Trinajstić information content (AvgIpc) is 2.72. The fraction of sp³-hybridized carbons (Fsp3) is 0.190. The van der Waals surface area contributed by atoms with Crippen molar-refractivity contribution in [2.24, 2.45) is 5.73 Å². The van der Waals surface area contributed by atoms with Gasteiger partial charge in [-0.05, 0) is 49.0 Å². The highest BCUT2D eigenvalue weighted by Crippen LogP contribution is 2.41. The third kappa shape index (κ3) is 5.51. The molecule has 0 amide bonds. The van der Waals surface area contributed by atoms with E-state index in [0.717, 1.165) is 12.3 Å². The van der Waals surface area contributed by atoms with Crippen LogP contribution in [0.3, 0.4) is 0 Å². The number of phenols is 1. The van der Waals surface area contributed by atoms with Crippen molar-refractivity contribution in [2.45, 2.75) is 25.3 Å². The van der Waals surface area contributed by atoms with Crippen molar-refractivity contribution < 1.29 is 31.4 Å². The number of nitrogens with zero attached hydrogens (tertiary/aromatic N) is 3. The van der Waals surface area contributed by atoms with Crippen LogP contribution in [-0.4, -0.2) is 20.3 Å². The number of phenolic OH excluding ortho intramolecular Hbond substituents is 1. The van der Waals surface area contributed by atoms with Gasteiger partial charge in [0.25, 0.3) is 0 Å². The Bertz CT molecular complexity index is 1180. The fourth-order valence-corrected chi connectivity index (χ4v) is 3.03. The Morgan fingerprint density at radius 3 is 2.33 bits per heavy atom. The maximum Gasteiger partial charge on any atom is 0.417 e. The van der Waals surface area contributed by atoms with Crippen molar-refractivity contribution in [2.75, 3.05) is 5.32 Å². The maximum atomic E-state index is 13.6. The topological polar surface area (TPSA) is 97.0 Å². The summed E-state index contributed by atoms with van der Waals surface area (Å²) in [7, 11) is 0. The van der Waals surface area contributed by atoms with E-state index in [1.807, 2.05) is 0 Å². The second-order valence-electron chi connectivity index (χ2n) is 6.95. The number of hydrogen-bond acceptors (Lipinski definition) is 6. The van der Waals surface area contributed by atoms with Crippen LogP contribution in [0.15, 0.2) is 48.7 Å². The number of anilines is 1. The maximum absolute atomic E-state index is 13.6. The zero-order chi connectivity index (χ0) is 24.4. The molecule has 3 aromatic rings. The smallest absolute Gasteiger partial charge is 0.417 e. The van der Waals surface area contributed by atoms with Gasteiger partial charge in [0, 0.05) is 5.56 Å². The van der Waals surface area contributed by atoms with E-state index in [-0.39, 0.29) is 23.5 Å². The van der Waals surface area contributed by atoms with Crippen molar-refractivity contribution in [1.29, 1.82) is 0 Å². The molecule has 12 heteroatoms. The number of nitrogens with two attached hydrogens (primary N) is 1. The van der Waals surface area contributed by atoms with E-state index in [2.05, 4.69) is 20.5 Å². The zero-order valence-corrected chi connectivity index (χ0v) is 16.9. The Kier molecular flexibility index (Phi) is 6.47. The number of aromatic nitrogens is 3. The van der Waals surface area contributed by atoms with Gasteiger partial charge >= 0.3 is 12.4 Å². The Balaban J connectivity index is 2.05. The molecule has 0 saturated heterocycles. The Hall–Kier alpha value is -3.83. The van der Waals surface area contributed by atoms with Crippen LogP contribution in [-0.2, 0) is 12.4 Å². The summed E-state index contributed by atoms with van der Waals surface area (Å²) in [6.45, 7) is 1.72. The summed E-state index contributed by atoms with van der Waals surface area (Å²) in [6, 6.07) is 7.12. The van der Waals surface area contributed by atoms with Crippen molar-refractivity contribution in [1.82, 2.24) is 15.2 Å². The second-order valence-corrected chi connectivity index (χ2v) is 6.95. The van der Waals surface area contributed by atoms with Crippen LogP contribution in [0, 0.1) is 0 Å². The molecule has 0 fully saturated rings. The summed E-state index contributed by atoms with van der Waals surface area (Å²) < 4.78 is 79.7. The van der Waals surface area contributed by atoms with Gasteiger partial charge in [0.15, 0.2) is 0 Å². The standard InChI is InChI=1S/C21H17F6N5O/c1-11(12-3-2-4-14(33)9-12)29-19-30-17(7-8-28)18(31-32-19)15-6-5-13(20(22,23)24)10-16(15)21(25,26)27/h2-11,33H,28H2,1H3,(H,29,30,32). The molecule has 0 spiro atoms. The summed E-state index contributed by atoms with van der Waals surface area (Å²) >= 11 is 0. The lowest BCUT2D eigenvalue weighted by Gasteiger charge is -2.17. The van der Waals surface area contributed by atoms with Gasteiger partial charge in [-0.25, -0.2) is 4.98 Å².